The smallest absolute Gasteiger partial charge is 0.388 e. The van der Waals surface area contributed by atoms with E-state index in [0.717, 1.165) is 12.1 Å². The lowest BCUT2D eigenvalue weighted by Crippen LogP contribution is -2.34. The summed E-state index contributed by atoms with van der Waals surface area (Å²) < 4.78 is 50.4. The van der Waals surface area contributed by atoms with E-state index in [1.807, 2.05) is 0 Å². The Morgan fingerprint density at radius 3 is 1.80 bits per heavy atom. The molecular formula is C10H11F4N. The summed E-state index contributed by atoms with van der Waals surface area (Å²) in [6.07, 6.45) is -4.89. The lowest BCUT2D eigenvalue weighted by Gasteiger charge is -2.24. The zero-order chi connectivity index (χ0) is 11.7. The van der Waals surface area contributed by atoms with Crippen LogP contribution in [0.3, 0.4) is 0 Å². The minimum atomic E-state index is -4.89. The molecule has 1 N–H and O–H groups in total. The van der Waals surface area contributed by atoms with Gasteiger partial charge in [-0.05, 0) is 24.6 Å². The number of rotatable bonds is 2. The van der Waals surface area contributed by atoms with Crippen molar-refractivity contribution >= 4 is 5.69 Å². The molecule has 0 saturated carbocycles. The maximum Gasteiger partial charge on any atom is 0.426 e. The van der Waals surface area contributed by atoms with E-state index in [-0.39, 0.29) is 0 Å². The molecule has 0 aromatic heterocycles. The van der Waals surface area contributed by atoms with Gasteiger partial charge in [-0.3, -0.25) is 0 Å². The normalized spacial score (nSPS) is 15.9. The average molecular weight is 221 g/mol. The Bertz CT molecular complexity index is 326. The van der Waals surface area contributed by atoms with E-state index in [9.17, 15) is 17.6 Å². The zero-order valence-electron chi connectivity index (χ0n) is 8.32. The molecule has 0 bridgehead atoms. The van der Waals surface area contributed by atoms with Crippen LogP contribution in [0.25, 0.3) is 0 Å². The SMILES string of the molecule is CNc1ccc(C(C)(F)C(F)(F)F)cc1. The van der Waals surface area contributed by atoms with Gasteiger partial charge in [0.2, 0.25) is 5.67 Å². The molecule has 0 amide bonds. The molecule has 0 aliphatic heterocycles. The van der Waals surface area contributed by atoms with Crippen molar-refractivity contribution in [3.63, 3.8) is 0 Å². The molecule has 1 aromatic carbocycles. The third kappa shape index (κ3) is 2.22. The first kappa shape index (κ1) is 11.8. The van der Waals surface area contributed by atoms with Gasteiger partial charge in [0.1, 0.15) is 0 Å². The number of hydrogen-bond donors (Lipinski definition) is 1. The van der Waals surface area contributed by atoms with Gasteiger partial charge >= 0.3 is 6.18 Å². The Hall–Kier alpha value is -1.26. The van der Waals surface area contributed by atoms with Gasteiger partial charge in [0.25, 0.3) is 0 Å². The van der Waals surface area contributed by atoms with Gasteiger partial charge in [-0.1, -0.05) is 12.1 Å². The van der Waals surface area contributed by atoms with Crippen molar-refractivity contribution in [2.45, 2.75) is 18.8 Å². The van der Waals surface area contributed by atoms with E-state index in [0.29, 0.717) is 12.6 Å². The molecule has 1 rings (SSSR count). The van der Waals surface area contributed by atoms with Crippen LogP contribution in [0.1, 0.15) is 12.5 Å². The zero-order valence-corrected chi connectivity index (χ0v) is 8.32. The van der Waals surface area contributed by atoms with Crippen molar-refractivity contribution in [3.05, 3.63) is 29.8 Å². The predicted octanol–water partition coefficient (Wildman–Crippen LogP) is 3.48. The van der Waals surface area contributed by atoms with E-state index < -0.39 is 17.4 Å². The standard InChI is InChI=1S/C10H11F4N/c1-9(11,10(12,13)14)7-3-5-8(15-2)6-4-7/h3-6,15H,1-2H3. The molecule has 0 saturated heterocycles. The summed E-state index contributed by atoms with van der Waals surface area (Å²) in [4.78, 5) is 0. The molecule has 0 radical (unpaired) electrons. The molecule has 0 aliphatic carbocycles. The van der Waals surface area contributed by atoms with Crippen molar-refractivity contribution in [1.29, 1.82) is 0 Å². The molecule has 0 heterocycles. The Morgan fingerprint density at radius 1 is 1.00 bits per heavy atom. The van der Waals surface area contributed by atoms with Gasteiger partial charge in [0, 0.05) is 12.7 Å². The highest BCUT2D eigenvalue weighted by molar-refractivity contribution is 5.45. The number of hydrogen-bond acceptors (Lipinski definition) is 1. The fourth-order valence-corrected chi connectivity index (χ4v) is 1.11. The van der Waals surface area contributed by atoms with Crippen molar-refractivity contribution in [2.24, 2.45) is 0 Å². The average Bonchev–Trinajstić information content (AvgIpc) is 2.16. The summed E-state index contributed by atoms with van der Waals surface area (Å²) in [7, 11) is 1.63. The summed E-state index contributed by atoms with van der Waals surface area (Å²) in [5.74, 6) is 0. The van der Waals surface area contributed by atoms with Crippen LogP contribution in [-0.4, -0.2) is 13.2 Å². The highest BCUT2D eigenvalue weighted by Gasteiger charge is 2.53. The molecule has 5 heteroatoms. The van der Waals surface area contributed by atoms with Gasteiger partial charge in [-0.25, -0.2) is 4.39 Å². The molecule has 84 valence electrons. The highest BCUT2D eigenvalue weighted by atomic mass is 19.4. The lowest BCUT2D eigenvalue weighted by molar-refractivity contribution is -0.228. The first-order valence-corrected chi connectivity index (χ1v) is 4.33. The van der Waals surface area contributed by atoms with Crippen LogP contribution in [0.4, 0.5) is 23.2 Å². The van der Waals surface area contributed by atoms with Gasteiger partial charge < -0.3 is 5.32 Å². The maximum atomic E-state index is 13.4. The number of benzene rings is 1. The topological polar surface area (TPSA) is 12.0 Å². The molecule has 1 unspecified atom stereocenters. The highest BCUT2D eigenvalue weighted by Crippen LogP contribution is 2.42. The van der Waals surface area contributed by atoms with Crippen molar-refractivity contribution in [1.82, 2.24) is 0 Å². The fraction of sp³-hybridized carbons (Fsp3) is 0.400. The Labute approximate surface area is 85.1 Å². The van der Waals surface area contributed by atoms with Crippen LogP contribution in [-0.2, 0) is 5.67 Å². The van der Waals surface area contributed by atoms with Gasteiger partial charge in [0.05, 0.1) is 0 Å². The summed E-state index contributed by atoms with van der Waals surface area (Å²) in [6, 6.07) is 5.05. The first-order chi connectivity index (χ1) is 6.79. The van der Waals surface area contributed by atoms with Crippen molar-refractivity contribution in [3.8, 4) is 0 Å². The van der Waals surface area contributed by atoms with Crippen LogP contribution < -0.4 is 5.32 Å². The number of nitrogens with one attached hydrogen (secondary N) is 1. The lowest BCUT2D eigenvalue weighted by atomic mass is 9.97. The second-order valence-electron chi connectivity index (χ2n) is 3.33. The summed E-state index contributed by atoms with van der Waals surface area (Å²) in [5.41, 5.74) is -3.06. The molecule has 0 aliphatic rings. The second kappa shape index (κ2) is 3.72. The molecule has 0 spiro atoms. The van der Waals surface area contributed by atoms with E-state index in [1.165, 1.54) is 12.1 Å². The monoisotopic (exact) mass is 221 g/mol. The van der Waals surface area contributed by atoms with Crippen molar-refractivity contribution in [2.75, 3.05) is 12.4 Å². The number of halogens is 4. The molecule has 1 atom stereocenters. The van der Waals surface area contributed by atoms with Gasteiger partial charge in [-0.2, -0.15) is 13.2 Å². The molecule has 1 nitrogen and oxygen atoms in total. The van der Waals surface area contributed by atoms with Crippen molar-refractivity contribution < 1.29 is 17.6 Å². The Kier molecular flexibility index (Phi) is 2.93. The van der Waals surface area contributed by atoms with Crippen LogP contribution in [0.15, 0.2) is 24.3 Å². The second-order valence-corrected chi connectivity index (χ2v) is 3.33. The third-order valence-corrected chi connectivity index (χ3v) is 2.25. The largest absolute Gasteiger partial charge is 0.426 e. The Morgan fingerprint density at radius 2 is 1.47 bits per heavy atom. The van der Waals surface area contributed by atoms with Crippen LogP contribution in [0.5, 0.6) is 0 Å². The fourth-order valence-electron chi connectivity index (χ4n) is 1.11. The summed E-state index contributed by atoms with van der Waals surface area (Å²) in [6.45, 7) is 0.515. The first-order valence-electron chi connectivity index (χ1n) is 4.33. The third-order valence-electron chi connectivity index (χ3n) is 2.25. The summed E-state index contributed by atoms with van der Waals surface area (Å²) in [5, 5.41) is 2.74. The van der Waals surface area contributed by atoms with E-state index in [1.54, 1.807) is 7.05 Å². The van der Waals surface area contributed by atoms with Gasteiger partial charge in [0.15, 0.2) is 0 Å². The van der Waals surface area contributed by atoms with E-state index in [4.69, 9.17) is 0 Å². The number of anilines is 1. The van der Waals surface area contributed by atoms with Crippen LogP contribution in [0, 0.1) is 0 Å². The van der Waals surface area contributed by atoms with E-state index >= 15 is 0 Å². The predicted molar refractivity (Wildman–Crippen MR) is 50.5 cm³/mol. The number of alkyl halides is 4. The molecule has 0 fully saturated rings. The minimum absolute atomic E-state index is 0.394. The maximum absolute atomic E-state index is 13.4. The quantitative estimate of drug-likeness (QED) is 0.754. The molecule has 15 heavy (non-hydrogen) atoms. The Balaban J connectivity index is 3.06. The minimum Gasteiger partial charge on any atom is -0.388 e. The summed E-state index contributed by atoms with van der Waals surface area (Å²) >= 11 is 0. The van der Waals surface area contributed by atoms with Crippen LogP contribution >= 0.6 is 0 Å². The molecular weight excluding hydrogens is 210 g/mol. The van der Waals surface area contributed by atoms with Gasteiger partial charge in [-0.15, -0.1) is 0 Å². The van der Waals surface area contributed by atoms with E-state index in [2.05, 4.69) is 5.32 Å². The van der Waals surface area contributed by atoms with Crippen LogP contribution in [0.2, 0.25) is 0 Å². The molecule has 1 aromatic rings.